The van der Waals surface area contributed by atoms with E-state index in [2.05, 4.69) is 5.32 Å². The minimum Gasteiger partial charge on any atom is -0.391 e. The Labute approximate surface area is 105 Å². The number of aliphatic hydroxyl groups is 1. The summed E-state index contributed by atoms with van der Waals surface area (Å²) < 4.78 is 18.1. The highest BCUT2D eigenvalue weighted by atomic mass is 19.1. The summed E-state index contributed by atoms with van der Waals surface area (Å²) in [4.78, 5) is 12.0. The van der Waals surface area contributed by atoms with E-state index in [-0.39, 0.29) is 11.7 Å². The van der Waals surface area contributed by atoms with Crippen LogP contribution in [0.2, 0.25) is 0 Å². The Morgan fingerprint density at radius 2 is 2.33 bits per heavy atom. The molecule has 2 atom stereocenters. The van der Waals surface area contributed by atoms with Gasteiger partial charge >= 0.3 is 0 Å². The van der Waals surface area contributed by atoms with Crippen LogP contribution in [-0.2, 0) is 4.74 Å². The van der Waals surface area contributed by atoms with Gasteiger partial charge < -0.3 is 15.2 Å². The number of hydrogen-bond acceptors (Lipinski definition) is 3. The molecule has 1 aromatic rings. The van der Waals surface area contributed by atoms with Crippen LogP contribution in [0.3, 0.4) is 0 Å². The van der Waals surface area contributed by atoms with Crippen LogP contribution in [0.1, 0.15) is 22.3 Å². The van der Waals surface area contributed by atoms with Gasteiger partial charge in [-0.3, -0.25) is 4.79 Å². The topological polar surface area (TPSA) is 58.6 Å². The van der Waals surface area contributed by atoms with Crippen molar-refractivity contribution >= 4 is 5.91 Å². The van der Waals surface area contributed by atoms with Gasteiger partial charge in [0.05, 0.1) is 18.8 Å². The van der Waals surface area contributed by atoms with E-state index < -0.39 is 12.1 Å². The summed E-state index contributed by atoms with van der Waals surface area (Å²) in [5.41, 5.74) is 0.980. The molecule has 0 saturated carbocycles. The van der Waals surface area contributed by atoms with Gasteiger partial charge in [-0.2, -0.15) is 0 Å². The molecule has 1 amide bonds. The normalized spacial score (nSPS) is 23.7. The number of rotatable bonds is 2. The molecule has 0 radical (unpaired) electrons. The Morgan fingerprint density at radius 1 is 1.56 bits per heavy atom. The van der Waals surface area contributed by atoms with E-state index in [1.165, 1.54) is 18.2 Å². The second-order valence-electron chi connectivity index (χ2n) is 4.47. The first-order chi connectivity index (χ1) is 8.58. The number of benzene rings is 1. The highest BCUT2D eigenvalue weighted by molar-refractivity contribution is 5.95. The molecular formula is C13H16FNO3. The average molecular weight is 253 g/mol. The molecule has 4 nitrogen and oxygen atoms in total. The molecule has 5 heteroatoms. The zero-order chi connectivity index (χ0) is 13.1. The number of amides is 1. The van der Waals surface area contributed by atoms with Gasteiger partial charge in [-0.15, -0.1) is 0 Å². The van der Waals surface area contributed by atoms with Crippen LogP contribution < -0.4 is 5.32 Å². The first kappa shape index (κ1) is 13.0. The predicted octanol–water partition coefficient (Wildman–Crippen LogP) is 1.01. The van der Waals surface area contributed by atoms with Crippen LogP contribution in [0.25, 0.3) is 0 Å². The maximum Gasteiger partial charge on any atom is 0.251 e. The minimum atomic E-state index is -0.594. The number of carbonyl (C=O) groups is 1. The number of aryl methyl sites for hydroxylation is 1. The molecule has 1 aliphatic rings. The number of ether oxygens (including phenoxy) is 1. The van der Waals surface area contributed by atoms with Gasteiger partial charge in [-0.05, 0) is 37.1 Å². The van der Waals surface area contributed by atoms with Gasteiger partial charge in [-0.1, -0.05) is 0 Å². The monoisotopic (exact) mass is 253 g/mol. The van der Waals surface area contributed by atoms with Crippen molar-refractivity contribution in [2.75, 3.05) is 13.2 Å². The zero-order valence-electron chi connectivity index (χ0n) is 10.1. The number of hydrogen-bond donors (Lipinski definition) is 2. The van der Waals surface area contributed by atoms with Crippen LogP contribution in [0.15, 0.2) is 18.2 Å². The Balaban J connectivity index is 2.07. The molecule has 0 unspecified atom stereocenters. The van der Waals surface area contributed by atoms with Gasteiger partial charge in [0, 0.05) is 12.2 Å². The molecule has 2 rings (SSSR count). The fraction of sp³-hybridized carbons (Fsp3) is 0.462. The Bertz CT molecular complexity index is 450. The molecule has 1 saturated heterocycles. The second-order valence-corrected chi connectivity index (χ2v) is 4.47. The molecule has 1 heterocycles. The fourth-order valence-electron chi connectivity index (χ4n) is 1.99. The van der Waals surface area contributed by atoms with Crippen molar-refractivity contribution in [3.05, 3.63) is 35.1 Å². The quantitative estimate of drug-likeness (QED) is 0.827. The lowest BCUT2D eigenvalue weighted by Gasteiger charge is -2.28. The van der Waals surface area contributed by atoms with Crippen LogP contribution in [0.5, 0.6) is 0 Å². The van der Waals surface area contributed by atoms with Crippen molar-refractivity contribution in [1.29, 1.82) is 0 Å². The third-order valence-corrected chi connectivity index (χ3v) is 3.07. The van der Waals surface area contributed by atoms with E-state index in [4.69, 9.17) is 4.74 Å². The molecule has 2 N–H and O–H groups in total. The summed E-state index contributed by atoms with van der Waals surface area (Å²) in [5, 5.41) is 12.4. The van der Waals surface area contributed by atoms with Crippen molar-refractivity contribution in [3.8, 4) is 0 Å². The zero-order valence-corrected chi connectivity index (χ0v) is 10.1. The van der Waals surface area contributed by atoms with Crippen molar-refractivity contribution in [3.63, 3.8) is 0 Å². The summed E-state index contributed by atoms with van der Waals surface area (Å²) in [5.74, 6) is -0.688. The standard InChI is InChI=1S/C13H16FNO3/c1-8-6-9(14)2-3-10(8)13(17)15-11-7-18-5-4-12(11)16/h2-3,6,11-12,16H,4-5,7H2,1H3,(H,15,17)/t11-,12-/m1/s1. The fourth-order valence-corrected chi connectivity index (χ4v) is 1.99. The maximum atomic E-state index is 12.9. The first-order valence-electron chi connectivity index (χ1n) is 5.91. The van der Waals surface area contributed by atoms with Gasteiger partial charge in [0.1, 0.15) is 5.82 Å². The molecule has 98 valence electrons. The molecule has 1 fully saturated rings. The molecule has 18 heavy (non-hydrogen) atoms. The van der Waals surface area contributed by atoms with Crippen molar-refractivity contribution < 1.29 is 19.0 Å². The Kier molecular flexibility index (Phi) is 3.93. The molecule has 0 bridgehead atoms. The lowest BCUT2D eigenvalue weighted by molar-refractivity contribution is -0.0140. The highest BCUT2D eigenvalue weighted by Gasteiger charge is 2.25. The Hall–Kier alpha value is -1.46. The van der Waals surface area contributed by atoms with Gasteiger partial charge in [0.2, 0.25) is 0 Å². The summed E-state index contributed by atoms with van der Waals surface area (Å²) in [6, 6.07) is 3.59. The van der Waals surface area contributed by atoms with Gasteiger partial charge in [-0.25, -0.2) is 4.39 Å². The lowest BCUT2D eigenvalue weighted by Crippen LogP contribution is -2.49. The van der Waals surface area contributed by atoms with Crippen LogP contribution in [-0.4, -0.2) is 36.4 Å². The summed E-state index contributed by atoms with van der Waals surface area (Å²) in [6.45, 7) is 2.47. The van der Waals surface area contributed by atoms with Gasteiger partial charge in [0.15, 0.2) is 0 Å². The van der Waals surface area contributed by atoms with E-state index in [0.29, 0.717) is 30.8 Å². The predicted molar refractivity (Wildman–Crippen MR) is 63.8 cm³/mol. The molecule has 0 aromatic heterocycles. The summed E-state index contributed by atoms with van der Waals surface area (Å²) in [6.07, 6.45) is -0.0867. The molecule has 0 aliphatic carbocycles. The van der Waals surface area contributed by atoms with E-state index in [9.17, 15) is 14.3 Å². The second kappa shape index (κ2) is 5.46. The highest BCUT2D eigenvalue weighted by Crippen LogP contribution is 2.12. The van der Waals surface area contributed by atoms with Gasteiger partial charge in [0.25, 0.3) is 5.91 Å². The van der Waals surface area contributed by atoms with Crippen LogP contribution in [0, 0.1) is 12.7 Å². The SMILES string of the molecule is Cc1cc(F)ccc1C(=O)N[C@@H]1COCC[C@H]1O. The maximum absolute atomic E-state index is 12.9. The Morgan fingerprint density at radius 3 is 3.00 bits per heavy atom. The average Bonchev–Trinajstić information content (AvgIpc) is 2.32. The first-order valence-corrected chi connectivity index (χ1v) is 5.91. The van der Waals surface area contributed by atoms with E-state index in [1.807, 2.05) is 0 Å². The van der Waals surface area contributed by atoms with Crippen molar-refractivity contribution in [2.45, 2.75) is 25.5 Å². The lowest BCUT2D eigenvalue weighted by atomic mass is 10.0. The third-order valence-electron chi connectivity index (χ3n) is 3.07. The molecule has 1 aliphatic heterocycles. The van der Waals surface area contributed by atoms with Crippen molar-refractivity contribution in [1.82, 2.24) is 5.32 Å². The number of carbonyl (C=O) groups excluding carboxylic acids is 1. The number of nitrogens with one attached hydrogen (secondary N) is 1. The molecule has 0 spiro atoms. The summed E-state index contributed by atoms with van der Waals surface area (Å²) >= 11 is 0. The minimum absolute atomic E-state index is 0.299. The smallest absolute Gasteiger partial charge is 0.251 e. The van der Waals surface area contributed by atoms with E-state index in [1.54, 1.807) is 6.92 Å². The van der Waals surface area contributed by atoms with Crippen LogP contribution >= 0.6 is 0 Å². The van der Waals surface area contributed by atoms with E-state index in [0.717, 1.165) is 0 Å². The molecule has 1 aromatic carbocycles. The van der Waals surface area contributed by atoms with E-state index >= 15 is 0 Å². The largest absolute Gasteiger partial charge is 0.391 e. The number of aliphatic hydroxyl groups excluding tert-OH is 1. The van der Waals surface area contributed by atoms with Crippen molar-refractivity contribution in [2.24, 2.45) is 0 Å². The third kappa shape index (κ3) is 2.86. The number of halogens is 1. The van der Waals surface area contributed by atoms with Crippen LogP contribution in [0.4, 0.5) is 4.39 Å². The summed E-state index contributed by atoms with van der Waals surface area (Å²) in [7, 11) is 0. The molecular weight excluding hydrogens is 237 g/mol.